The van der Waals surface area contributed by atoms with E-state index in [4.69, 9.17) is 0 Å². The number of piperidine rings is 1. The van der Waals surface area contributed by atoms with Crippen LogP contribution in [0, 0.1) is 11.8 Å². The van der Waals surface area contributed by atoms with E-state index in [1.807, 2.05) is 0 Å². The minimum atomic E-state index is 0.127. The van der Waals surface area contributed by atoms with Gasteiger partial charge in [-0.1, -0.05) is 13.8 Å². The molecule has 1 rings (SSSR count). The predicted octanol–water partition coefficient (Wildman–Crippen LogP) is 0.710. The predicted molar refractivity (Wildman–Crippen MR) is 53.5 cm³/mol. The highest BCUT2D eigenvalue weighted by atomic mass is 16.1. The fourth-order valence-corrected chi connectivity index (χ4v) is 1.77. The summed E-state index contributed by atoms with van der Waals surface area (Å²) >= 11 is 0. The van der Waals surface area contributed by atoms with E-state index in [2.05, 4.69) is 24.1 Å². The van der Waals surface area contributed by atoms with Crippen LogP contribution in [0.2, 0.25) is 0 Å². The third-order valence-corrected chi connectivity index (χ3v) is 3.06. The second-order valence-corrected chi connectivity index (χ2v) is 4.15. The molecule has 1 aliphatic heterocycles. The normalized spacial score (nSPS) is 30.1. The smallest absolute Gasteiger partial charge is 0.233 e. The number of rotatable bonds is 2. The second-order valence-electron chi connectivity index (χ2n) is 4.15. The molecule has 0 aliphatic carbocycles. The molecule has 0 aromatic rings. The quantitative estimate of drug-likeness (QED) is 0.685. The largest absolute Gasteiger partial charge is 0.358 e. The van der Waals surface area contributed by atoms with Crippen molar-refractivity contribution in [1.82, 2.24) is 10.2 Å². The standard InChI is InChI=1S/C10H20N2O/c1-8-4-5-12(6-9(8)2)7-10(13)11-3/h8-9H,4-7H2,1-3H3,(H,11,13). The van der Waals surface area contributed by atoms with Crippen molar-refractivity contribution in [2.45, 2.75) is 20.3 Å². The first-order valence-corrected chi connectivity index (χ1v) is 5.06. The van der Waals surface area contributed by atoms with E-state index < -0.39 is 0 Å². The van der Waals surface area contributed by atoms with Gasteiger partial charge in [-0.15, -0.1) is 0 Å². The zero-order chi connectivity index (χ0) is 9.84. The summed E-state index contributed by atoms with van der Waals surface area (Å²) in [7, 11) is 1.69. The van der Waals surface area contributed by atoms with Gasteiger partial charge in [-0.05, 0) is 24.8 Å². The Balaban J connectivity index is 2.33. The highest BCUT2D eigenvalue weighted by Gasteiger charge is 2.23. The van der Waals surface area contributed by atoms with Gasteiger partial charge in [0.05, 0.1) is 6.54 Å². The van der Waals surface area contributed by atoms with Crippen LogP contribution < -0.4 is 5.32 Å². The van der Waals surface area contributed by atoms with E-state index in [9.17, 15) is 4.79 Å². The van der Waals surface area contributed by atoms with Crippen molar-refractivity contribution >= 4 is 5.91 Å². The number of nitrogens with one attached hydrogen (secondary N) is 1. The van der Waals surface area contributed by atoms with Crippen LogP contribution in [0.25, 0.3) is 0 Å². The minimum Gasteiger partial charge on any atom is -0.358 e. The van der Waals surface area contributed by atoms with Gasteiger partial charge in [0.15, 0.2) is 0 Å². The van der Waals surface area contributed by atoms with Crippen molar-refractivity contribution in [1.29, 1.82) is 0 Å². The Morgan fingerprint density at radius 3 is 2.69 bits per heavy atom. The van der Waals surface area contributed by atoms with Crippen LogP contribution in [0.4, 0.5) is 0 Å². The zero-order valence-electron chi connectivity index (χ0n) is 8.84. The third kappa shape index (κ3) is 2.99. The maximum atomic E-state index is 11.1. The Morgan fingerprint density at radius 2 is 2.15 bits per heavy atom. The molecule has 2 unspecified atom stereocenters. The van der Waals surface area contributed by atoms with E-state index in [0.717, 1.165) is 24.9 Å². The van der Waals surface area contributed by atoms with Crippen molar-refractivity contribution in [2.75, 3.05) is 26.7 Å². The SMILES string of the molecule is CNC(=O)CN1CCC(C)C(C)C1. The van der Waals surface area contributed by atoms with Crippen molar-refractivity contribution < 1.29 is 4.79 Å². The number of amides is 1. The lowest BCUT2D eigenvalue weighted by molar-refractivity contribution is -0.122. The van der Waals surface area contributed by atoms with E-state index in [-0.39, 0.29) is 5.91 Å². The van der Waals surface area contributed by atoms with Gasteiger partial charge >= 0.3 is 0 Å². The third-order valence-electron chi connectivity index (χ3n) is 3.06. The van der Waals surface area contributed by atoms with Gasteiger partial charge in [-0.2, -0.15) is 0 Å². The average Bonchev–Trinajstić information content (AvgIpc) is 2.11. The Kier molecular flexibility index (Phi) is 3.72. The van der Waals surface area contributed by atoms with Crippen molar-refractivity contribution in [3.63, 3.8) is 0 Å². The van der Waals surface area contributed by atoms with Crippen LogP contribution in [0.15, 0.2) is 0 Å². The molecule has 1 aliphatic rings. The summed E-state index contributed by atoms with van der Waals surface area (Å²) in [6, 6.07) is 0. The van der Waals surface area contributed by atoms with Gasteiger partial charge in [-0.25, -0.2) is 0 Å². The van der Waals surface area contributed by atoms with Crippen LogP contribution in [0.3, 0.4) is 0 Å². The van der Waals surface area contributed by atoms with Crippen molar-refractivity contribution in [3.8, 4) is 0 Å². The number of nitrogens with zero attached hydrogens (tertiary/aromatic N) is 1. The zero-order valence-corrected chi connectivity index (χ0v) is 8.84. The molecule has 0 aromatic heterocycles. The number of likely N-dealkylation sites (tertiary alicyclic amines) is 1. The molecule has 2 atom stereocenters. The Morgan fingerprint density at radius 1 is 1.46 bits per heavy atom. The molecule has 1 heterocycles. The summed E-state index contributed by atoms with van der Waals surface area (Å²) in [6.07, 6.45) is 1.22. The highest BCUT2D eigenvalue weighted by molar-refractivity contribution is 5.77. The lowest BCUT2D eigenvalue weighted by atomic mass is 9.89. The van der Waals surface area contributed by atoms with Gasteiger partial charge < -0.3 is 5.32 Å². The maximum Gasteiger partial charge on any atom is 0.233 e. The molecule has 1 amide bonds. The first kappa shape index (κ1) is 10.5. The summed E-state index contributed by atoms with van der Waals surface area (Å²) in [5, 5.41) is 2.66. The average molecular weight is 184 g/mol. The molecule has 3 heteroatoms. The van der Waals surface area contributed by atoms with E-state index in [1.165, 1.54) is 6.42 Å². The van der Waals surface area contributed by atoms with Gasteiger partial charge in [0, 0.05) is 13.6 Å². The number of hydrogen-bond donors (Lipinski definition) is 1. The van der Waals surface area contributed by atoms with Crippen molar-refractivity contribution in [2.24, 2.45) is 11.8 Å². The van der Waals surface area contributed by atoms with E-state index in [1.54, 1.807) is 7.05 Å². The molecule has 0 radical (unpaired) electrons. The van der Waals surface area contributed by atoms with Crippen LogP contribution in [-0.2, 0) is 4.79 Å². The summed E-state index contributed by atoms with van der Waals surface area (Å²) in [5.74, 6) is 1.65. The maximum absolute atomic E-state index is 11.1. The number of likely N-dealkylation sites (N-methyl/N-ethyl adjacent to an activating group) is 1. The Bertz CT molecular complexity index is 182. The minimum absolute atomic E-state index is 0.127. The van der Waals surface area contributed by atoms with Crippen LogP contribution >= 0.6 is 0 Å². The molecule has 0 aromatic carbocycles. The van der Waals surface area contributed by atoms with Gasteiger partial charge in [-0.3, -0.25) is 9.69 Å². The fraction of sp³-hybridized carbons (Fsp3) is 0.900. The lowest BCUT2D eigenvalue weighted by Crippen LogP contribution is -2.43. The summed E-state index contributed by atoms with van der Waals surface area (Å²) < 4.78 is 0. The van der Waals surface area contributed by atoms with Crippen LogP contribution in [0.5, 0.6) is 0 Å². The van der Waals surface area contributed by atoms with Gasteiger partial charge in [0.2, 0.25) is 5.91 Å². The number of hydrogen-bond acceptors (Lipinski definition) is 2. The molecule has 13 heavy (non-hydrogen) atoms. The fourth-order valence-electron chi connectivity index (χ4n) is 1.77. The lowest BCUT2D eigenvalue weighted by Gasteiger charge is -2.34. The molecular formula is C10H20N2O. The van der Waals surface area contributed by atoms with Crippen LogP contribution in [-0.4, -0.2) is 37.5 Å². The van der Waals surface area contributed by atoms with E-state index >= 15 is 0 Å². The Labute approximate surface area is 80.5 Å². The van der Waals surface area contributed by atoms with Gasteiger partial charge in [0.1, 0.15) is 0 Å². The Hall–Kier alpha value is -0.570. The molecular weight excluding hydrogens is 164 g/mol. The molecule has 0 spiro atoms. The molecule has 0 saturated carbocycles. The van der Waals surface area contributed by atoms with Crippen molar-refractivity contribution in [3.05, 3.63) is 0 Å². The number of carbonyl (C=O) groups is 1. The number of carbonyl (C=O) groups excluding carboxylic acids is 1. The summed E-state index contributed by atoms with van der Waals surface area (Å²) in [6.45, 7) is 7.25. The first-order valence-electron chi connectivity index (χ1n) is 5.06. The summed E-state index contributed by atoms with van der Waals surface area (Å²) in [4.78, 5) is 13.4. The molecule has 76 valence electrons. The van der Waals surface area contributed by atoms with Crippen LogP contribution in [0.1, 0.15) is 20.3 Å². The molecule has 3 nitrogen and oxygen atoms in total. The molecule has 1 N–H and O–H groups in total. The molecule has 1 fully saturated rings. The topological polar surface area (TPSA) is 32.3 Å². The van der Waals surface area contributed by atoms with E-state index in [0.29, 0.717) is 6.54 Å². The van der Waals surface area contributed by atoms with Gasteiger partial charge in [0.25, 0.3) is 0 Å². The second kappa shape index (κ2) is 4.61. The monoisotopic (exact) mass is 184 g/mol. The first-order chi connectivity index (χ1) is 6.13. The summed E-state index contributed by atoms with van der Waals surface area (Å²) in [5.41, 5.74) is 0. The highest BCUT2D eigenvalue weighted by Crippen LogP contribution is 2.21. The molecule has 1 saturated heterocycles. The molecule has 0 bridgehead atoms.